The van der Waals surface area contributed by atoms with Gasteiger partial charge in [-0.3, -0.25) is 4.79 Å². The summed E-state index contributed by atoms with van der Waals surface area (Å²) in [7, 11) is 1.85. The van der Waals surface area contributed by atoms with Gasteiger partial charge in [0.25, 0.3) is 0 Å². The van der Waals surface area contributed by atoms with E-state index in [0.29, 0.717) is 13.1 Å². The molecule has 1 saturated carbocycles. The summed E-state index contributed by atoms with van der Waals surface area (Å²) in [4.78, 5) is 13.6. The van der Waals surface area contributed by atoms with Crippen molar-refractivity contribution in [2.45, 2.75) is 19.4 Å². The molecule has 0 unspecified atom stereocenters. The fourth-order valence-corrected chi connectivity index (χ4v) is 2.83. The summed E-state index contributed by atoms with van der Waals surface area (Å²) < 4.78 is 1.11. The van der Waals surface area contributed by atoms with Crippen LogP contribution in [0.5, 0.6) is 0 Å². The predicted molar refractivity (Wildman–Crippen MR) is 74.1 cm³/mol. The van der Waals surface area contributed by atoms with Crippen molar-refractivity contribution in [1.29, 1.82) is 0 Å². The van der Waals surface area contributed by atoms with Crippen LogP contribution in [0.2, 0.25) is 0 Å². The first-order valence-corrected chi connectivity index (χ1v) is 7.50. The van der Waals surface area contributed by atoms with Crippen molar-refractivity contribution < 1.29 is 4.79 Å². The molecular weight excluding hydrogens is 300 g/mol. The second-order valence-electron chi connectivity index (χ2n) is 4.58. The van der Waals surface area contributed by atoms with Gasteiger partial charge >= 0.3 is 0 Å². The summed E-state index contributed by atoms with van der Waals surface area (Å²) in [5.74, 6) is 0.980. The number of carbonyl (C=O) groups is 1. The molecule has 1 fully saturated rings. The Balaban J connectivity index is 1.70. The summed E-state index contributed by atoms with van der Waals surface area (Å²) in [5, 5.41) is 5.30. The number of nitrogens with zero attached hydrogens (tertiary/aromatic N) is 1. The van der Waals surface area contributed by atoms with Crippen LogP contribution in [0.15, 0.2) is 15.2 Å². The molecule has 0 aromatic carbocycles. The minimum Gasteiger partial charge on any atom is -0.340 e. The van der Waals surface area contributed by atoms with Crippen LogP contribution < -0.4 is 5.32 Å². The molecule has 0 bridgehead atoms. The molecule has 94 valence electrons. The van der Waals surface area contributed by atoms with Gasteiger partial charge in [0.1, 0.15) is 0 Å². The third-order valence-corrected chi connectivity index (χ3v) is 4.43. The first kappa shape index (κ1) is 13.1. The maximum Gasteiger partial charge on any atom is 0.236 e. The second-order valence-corrected chi connectivity index (χ2v) is 6.87. The van der Waals surface area contributed by atoms with Crippen LogP contribution in [0.1, 0.15) is 18.4 Å². The van der Waals surface area contributed by atoms with Gasteiger partial charge < -0.3 is 10.2 Å². The Hall–Kier alpha value is -0.390. The Morgan fingerprint density at radius 1 is 1.65 bits per heavy atom. The monoisotopic (exact) mass is 316 g/mol. The fourth-order valence-electron chi connectivity index (χ4n) is 1.63. The number of likely N-dealkylation sites (N-methyl/N-ethyl adjacent to an activating group) is 1. The molecule has 0 atom stereocenters. The molecule has 1 N–H and O–H groups in total. The number of rotatable bonds is 6. The van der Waals surface area contributed by atoms with Gasteiger partial charge in [-0.25, -0.2) is 0 Å². The number of amides is 1. The molecule has 5 heteroatoms. The van der Waals surface area contributed by atoms with Crippen molar-refractivity contribution >= 4 is 33.2 Å². The van der Waals surface area contributed by atoms with Gasteiger partial charge in [-0.15, -0.1) is 11.3 Å². The predicted octanol–water partition coefficient (Wildman–Crippen LogP) is 2.47. The van der Waals surface area contributed by atoms with Crippen LogP contribution in [0.3, 0.4) is 0 Å². The van der Waals surface area contributed by atoms with Crippen molar-refractivity contribution in [2.24, 2.45) is 5.92 Å². The smallest absolute Gasteiger partial charge is 0.236 e. The molecule has 3 nitrogen and oxygen atoms in total. The molecule has 1 aromatic rings. The third-order valence-electron chi connectivity index (χ3n) is 2.87. The van der Waals surface area contributed by atoms with Crippen LogP contribution in [0, 0.1) is 5.92 Å². The van der Waals surface area contributed by atoms with E-state index >= 15 is 0 Å². The van der Waals surface area contributed by atoms with E-state index in [1.54, 1.807) is 16.2 Å². The van der Waals surface area contributed by atoms with Crippen molar-refractivity contribution in [3.05, 3.63) is 20.8 Å². The van der Waals surface area contributed by atoms with Crippen molar-refractivity contribution in [2.75, 3.05) is 20.1 Å². The number of hydrogen-bond acceptors (Lipinski definition) is 3. The Bertz CT molecular complexity index is 390. The molecule has 0 spiro atoms. The summed E-state index contributed by atoms with van der Waals surface area (Å²) in [6.45, 7) is 2.13. The van der Waals surface area contributed by atoms with Crippen molar-refractivity contribution in [1.82, 2.24) is 10.2 Å². The van der Waals surface area contributed by atoms with Crippen molar-refractivity contribution in [3.63, 3.8) is 0 Å². The minimum absolute atomic E-state index is 0.160. The quantitative estimate of drug-likeness (QED) is 0.874. The lowest BCUT2D eigenvalue weighted by Gasteiger charge is -2.16. The number of nitrogens with one attached hydrogen (secondary N) is 1. The van der Waals surface area contributed by atoms with E-state index in [2.05, 4.69) is 32.7 Å². The summed E-state index contributed by atoms with van der Waals surface area (Å²) in [6, 6.07) is 2.06. The molecule has 2 rings (SSSR count). The molecule has 1 aliphatic carbocycles. The maximum atomic E-state index is 11.8. The van der Waals surface area contributed by atoms with Gasteiger partial charge in [-0.1, -0.05) is 0 Å². The lowest BCUT2D eigenvalue weighted by Crippen LogP contribution is -2.35. The van der Waals surface area contributed by atoms with E-state index in [0.717, 1.165) is 16.2 Å². The highest BCUT2D eigenvalue weighted by atomic mass is 79.9. The lowest BCUT2D eigenvalue weighted by molar-refractivity contribution is -0.129. The molecule has 1 aromatic heterocycles. The molecule has 1 heterocycles. The topological polar surface area (TPSA) is 32.3 Å². The Morgan fingerprint density at radius 3 is 3.00 bits per heavy atom. The first-order valence-electron chi connectivity index (χ1n) is 5.82. The number of hydrogen-bond donors (Lipinski definition) is 1. The standard InChI is InChI=1S/C12H17BrN2OS/c1-15(7-10-4-11(13)17-8-10)12(16)6-14-5-9-2-3-9/h4,8-9,14H,2-3,5-7H2,1H3. The zero-order valence-corrected chi connectivity index (χ0v) is 12.3. The highest BCUT2D eigenvalue weighted by molar-refractivity contribution is 9.11. The van der Waals surface area contributed by atoms with Gasteiger partial charge in [0.15, 0.2) is 0 Å². The van der Waals surface area contributed by atoms with Crippen LogP contribution in [0.25, 0.3) is 0 Å². The number of carbonyl (C=O) groups excluding carboxylic acids is 1. The van der Waals surface area contributed by atoms with E-state index in [1.165, 1.54) is 18.4 Å². The largest absolute Gasteiger partial charge is 0.340 e. The second kappa shape index (κ2) is 5.98. The van der Waals surface area contributed by atoms with Crippen LogP contribution >= 0.6 is 27.3 Å². The third kappa shape index (κ3) is 4.41. The Labute approximate surface area is 114 Å². The van der Waals surface area contributed by atoms with Gasteiger partial charge in [-0.05, 0) is 58.2 Å². The average molecular weight is 317 g/mol. The first-order chi connectivity index (χ1) is 8.15. The number of halogens is 1. The summed E-state index contributed by atoms with van der Waals surface area (Å²) in [6.07, 6.45) is 2.64. The zero-order chi connectivity index (χ0) is 12.3. The van der Waals surface area contributed by atoms with Crippen LogP contribution in [-0.2, 0) is 11.3 Å². The fraction of sp³-hybridized carbons (Fsp3) is 0.583. The molecule has 17 heavy (non-hydrogen) atoms. The van der Waals surface area contributed by atoms with Gasteiger partial charge in [0.05, 0.1) is 10.3 Å². The normalized spacial score (nSPS) is 14.9. The van der Waals surface area contributed by atoms with Gasteiger partial charge in [-0.2, -0.15) is 0 Å². The molecule has 0 aliphatic heterocycles. The highest BCUT2D eigenvalue weighted by Gasteiger charge is 2.21. The van der Waals surface area contributed by atoms with E-state index in [9.17, 15) is 4.79 Å². The highest BCUT2D eigenvalue weighted by Crippen LogP contribution is 2.27. The van der Waals surface area contributed by atoms with E-state index in [-0.39, 0.29) is 5.91 Å². The molecule has 1 aliphatic rings. The van der Waals surface area contributed by atoms with E-state index < -0.39 is 0 Å². The van der Waals surface area contributed by atoms with Crippen molar-refractivity contribution in [3.8, 4) is 0 Å². The summed E-state index contributed by atoms with van der Waals surface area (Å²) >= 11 is 5.08. The summed E-state index contributed by atoms with van der Waals surface area (Å²) in [5.41, 5.74) is 1.18. The van der Waals surface area contributed by atoms with Gasteiger partial charge in [0, 0.05) is 13.6 Å². The number of thiophene rings is 1. The van der Waals surface area contributed by atoms with E-state index in [1.807, 2.05) is 7.05 Å². The SMILES string of the molecule is CN(Cc1csc(Br)c1)C(=O)CNCC1CC1. The average Bonchev–Trinajstić information content (AvgIpc) is 3.02. The minimum atomic E-state index is 0.160. The molecular formula is C12H17BrN2OS. The van der Waals surface area contributed by atoms with Crippen LogP contribution in [-0.4, -0.2) is 30.9 Å². The zero-order valence-electron chi connectivity index (χ0n) is 9.91. The lowest BCUT2D eigenvalue weighted by atomic mass is 10.3. The molecule has 0 radical (unpaired) electrons. The maximum absolute atomic E-state index is 11.8. The van der Waals surface area contributed by atoms with Crippen LogP contribution in [0.4, 0.5) is 0 Å². The van der Waals surface area contributed by atoms with E-state index in [4.69, 9.17) is 0 Å². The van der Waals surface area contributed by atoms with Gasteiger partial charge in [0.2, 0.25) is 5.91 Å². The molecule has 1 amide bonds. The Morgan fingerprint density at radius 2 is 2.41 bits per heavy atom. The Kier molecular flexibility index (Phi) is 4.59. The molecule has 0 saturated heterocycles.